The zero-order valence-corrected chi connectivity index (χ0v) is 11.6. The minimum atomic E-state index is 0. The average Bonchev–Trinajstić information content (AvgIpc) is 2.15. The van der Waals surface area contributed by atoms with Crippen molar-refractivity contribution in [2.24, 2.45) is 0 Å². The zero-order valence-electron chi connectivity index (χ0n) is 10.6. The third-order valence-electron chi connectivity index (χ3n) is 2.75. The first kappa shape index (κ1) is 16.5. The molecule has 0 saturated heterocycles. The van der Waals surface area contributed by atoms with Crippen LogP contribution in [0.25, 0.3) is 0 Å². The van der Waals surface area contributed by atoms with E-state index < -0.39 is 0 Å². The van der Waals surface area contributed by atoms with Crippen LogP contribution in [0.15, 0.2) is 48.6 Å². The normalized spacial score (nSPS) is 26.4. The second-order valence-electron chi connectivity index (χ2n) is 4.28. The van der Waals surface area contributed by atoms with E-state index in [2.05, 4.69) is 48.6 Å². The molecule has 0 nitrogen and oxygen atoms in total. The summed E-state index contributed by atoms with van der Waals surface area (Å²) in [6.07, 6.45) is 28.0. The smallest absolute Gasteiger partial charge is 0.0845 e. The van der Waals surface area contributed by atoms with Gasteiger partial charge in [0.2, 0.25) is 0 Å². The molecule has 0 bridgehead atoms. The molecule has 0 spiro atoms. The van der Waals surface area contributed by atoms with Crippen LogP contribution in [0.4, 0.5) is 0 Å². The van der Waals surface area contributed by atoms with Gasteiger partial charge in [0, 0.05) is 0 Å². The van der Waals surface area contributed by atoms with Gasteiger partial charge in [-0.3, -0.25) is 0 Å². The maximum absolute atomic E-state index is 2.23. The van der Waals surface area contributed by atoms with Gasteiger partial charge in [0.25, 0.3) is 0 Å². The van der Waals surface area contributed by atoms with Gasteiger partial charge in [0.15, 0.2) is 0 Å². The van der Waals surface area contributed by atoms with Gasteiger partial charge < -0.3 is 0 Å². The SMILES string of the molecule is C1=C\CCCC\C=C/1.C1=C\CCCC\C=C/1.[Ni+2]. The molecule has 17 heavy (non-hydrogen) atoms. The van der Waals surface area contributed by atoms with Gasteiger partial charge in [0.1, 0.15) is 0 Å². The molecular formula is C16H24Ni+2. The van der Waals surface area contributed by atoms with Crippen LogP contribution >= 0.6 is 0 Å². The maximum atomic E-state index is 2.23. The Morgan fingerprint density at radius 2 is 0.647 bits per heavy atom. The fourth-order valence-electron chi connectivity index (χ4n) is 1.75. The van der Waals surface area contributed by atoms with E-state index in [4.69, 9.17) is 0 Å². The van der Waals surface area contributed by atoms with Crippen LogP contribution in [-0.4, -0.2) is 0 Å². The minimum Gasteiger partial charge on any atom is -0.0845 e. The van der Waals surface area contributed by atoms with Crippen molar-refractivity contribution in [3.63, 3.8) is 0 Å². The molecule has 0 aromatic heterocycles. The van der Waals surface area contributed by atoms with Crippen molar-refractivity contribution in [3.05, 3.63) is 48.6 Å². The van der Waals surface area contributed by atoms with E-state index in [1.165, 1.54) is 51.4 Å². The van der Waals surface area contributed by atoms with Crippen molar-refractivity contribution in [1.82, 2.24) is 0 Å². The molecule has 0 aromatic carbocycles. The monoisotopic (exact) mass is 274 g/mol. The minimum absolute atomic E-state index is 0. The Bertz CT molecular complexity index is 203. The number of hydrogen-bond acceptors (Lipinski definition) is 0. The molecule has 2 aliphatic carbocycles. The molecule has 96 valence electrons. The summed E-state index contributed by atoms with van der Waals surface area (Å²) < 4.78 is 0. The van der Waals surface area contributed by atoms with Crippen LogP contribution in [0.2, 0.25) is 0 Å². The van der Waals surface area contributed by atoms with E-state index in [1.54, 1.807) is 0 Å². The van der Waals surface area contributed by atoms with Crippen molar-refractivity contribution in [1.29, 1.82) is 0 Å². The number of rotatable bonds is 0. The summed E-state index contributed by atoms with van der Waals surface area (Å²) in [5.41, 5.74) is 0. The standard InChI is InChI=1S/2C8H12.Ni/c2*1-2-4-6-8-7-5-3-1;/h2*1-4H,5-8H2;/q;;+2/b2*3-1-,4-2-;. The zero-order chi connectivity index (χ0) is 11.3. The summed E-state index contributed by atoms with van der Waals surface area (Å²) in [6, 6.07) is 0. The van der Waals surface area contributed by atoms with Gasteiger partial charge in [-0.15, -0.1) is 0 Å². The predicted octanol–water partition coefficient (Wildman–Crippen LogP) is 5.34. The Labute approximate surface area is 116 Å². The van der Waals surface area contributed by atoms with Crippen LogP contribution in [-0.2, 0) is 16.5 Å². The molecule has 0 aromatic rings. The van der Waals surface area contributed by atoms with E-state index in [-0.39, 0.29) is 16.5 Å². The predicted molar refractivity (Wildman–Crippen MR) is 73.5 cm³/mol. The van der Waals surface area contributed by atoms with Gasteiger partial charge in [-0.1, -0.05) is 48.6 Å². The van der Waals surface area contributed by atoms with E-state index in [0.717, 1.165) is 0 Å². The number of allylic oxidation sites excluding steroid dienone is 8. The summed E-state index contributed by atoms with van der Waals surface area (Å²) in [4.78, 5) is 0. The van der Waals surface area contributed by atoms with E-state index in [0.29, 0.717) is 0 Å². The fraction of sp³-hybridized carbons (Fsp3) is 0.500. The second kappa shape index (κ2) is 13.5. The van der Waals surface area contributed by atoms with Crippen molar-refractivity contribution >= 4 is 0 Å². The third-order valence-corrected chi connectivity index (χ3v) is 2.75. The molecule has 1 heteroatoms. The first-order chi connectivity index (χ1) is 8.00. The first-order valence-corrected chi connectivity index (χ1v) is 6.63. The Morgan fingerprint density at radius 1 is 0.412 bits per heavy atom. The maximum Gasteiger partial charge on any atom is 2.00 e. The summed E-state index contributed by atoms with van der Waals surface area (Å²) in [6.45, 7) is 0. The molecule has 0 radical (unpaired) electrons. The number of hydrogen-bond donors (Lipinski definition) is 0. The molecule has 0 aliphatic heterocycles. The third kappa shape index (κ3) is 11.7. The summed E-state index contributed by atoms with van der Waals surface area (Å²) in [5, 5.41) is 0. The van der Waals surface area contributed by atoms with Crippen LogP contribution in [0.3, 0.4) is 0 Å². The molecule has 0 atom stereocenters. The molecular weight excluding hydrogens is 251 g/mol. The fourth-order valence-corrected chi connectivity index (χ4v) is 1.75. The largest absolute Gasteiger partial charge is 2.00 e. The molecule has 0 amide bonds. The average molecular weight is 275 g/mol. The second-order valence-corrected chi connectivity index (χ2v) is 4.28. The summed E-state index contributed by atoms with van der Waals surface area (Å²) in [5.74, 6) is 0. The molecule has 2 rings (SSSR count). The van der Waals surface area contributed by atoms with E-state index >= 15 is 0 Å². The molecule has 2 aliphatic rings. The van der Waals surface area contributed by atoms with Crippen molar-refractivity contribution in [2.75, 3.05) is 0 Å². The Hall–Kier alpha value is -0.546. The Balaban J connectivity index is 0.000000284. The Kier molecular flexibility index (Phi) is 13.1. The topological polar surface area (TPSA) is 0 Å². The van der Waals surface area contributed by atoms with Crippen LogP contribution in [0.5, 0.6) is 0 Å². The van der Waals surface area contributed by atoms with E-state index in [1.807, 2.05) is 0 Å². The van der Waals surface area contributed by atoms with Gasteiger partial charge in [0.05, 0.1) is 0 Å². The van der Waals surface area contributed by atoms with Crippen molar-refractivity contribution in [2.45, 2.75) is 51.4 Å². The summed E-state index contributed by atoms with van der Waals surface area (Å²) in [7, 11) is 0. The summed E-state index contributed by atoms with van der Waals surface area (Å²) >= 11 is 0. The molecule has 0 fully saturated rings. The van der Waals surface area contributed by atoms with E-state index in [9.17, 15) is 0 Å². The molecule has 0 N–H and O–H groups in total. The molecule has 0 saturated carbocycles. The Morgan fingerprint density at radius 3 is 0.882 bits per heavy atom. The van der Waals surface area contributed by atoms with Crippen LogP contribution in [0.1, 0.15) is 51.4 Å². The van der Waals surface area contributed by atoms with Crippen LogP contribution in [0, 0.1) is 0 Å². The molecule has 0 heterocycles. The van der Waals surface area contributed by atoms with Crippen molar-refractivity contribution in [3.8, 4) is 0 Å². The van der Waals surface area contributed by atoms with Crippen molar-refractivity contribution < 1.29 is 16.5 Å². The molecule has 0 unspecified atom stereocenters. The van der Waals surface area contributed by atoms with Gasteiger partial charge in [-0.25, -0.2) is 0 Å². The van der Waals surface area contributed by atoms with Gasteiger partial charge in [-0.2, -0.15) is 0 Å². The van der Waals surface area contributed by atoms with Crippen LogP contribution < -0.4 is 0 Å². The van der Waals surface area contributed by atoms with Gasteiger partial charge >= 0.3 is 16.5 Å². The first-order valence-electron chi connectivity index (χ1n) is 6.63. The quantitative estimate of drug-likeness (QED) is 0.523. The van der Waals surface area contributed by atoms with Gasteiger partial charge in [-0.05, 0) is 51.4 Å².